The van der Waals surface area contributed by atoms with Gasteiger partial charge in [0.05, 0.1) is 6.10 Å². The van der Waals surface area contributed by atoms with Gasteiger partial charge in [0.1, 0.15) is 0 Å². The highest BCUT2D eigenvalue weighted by atomic mass is 79.9. The van der Waals surface area contributed by atoms with Crippen molar-refractivity contribution in [2.45, 2.75) is 52.3 Å². The molecule has 3 heteroatoms. The minimum atomic E-state index is 0.219. The SMILES string of the molecule is CCOC1CC(N[C@H](C)c2cccc(Br)c2)C1(C)C. The van der Waals surface area contributed by atoms with E-state index in [2.05, 4.69) is 73.2 Å². The second-order valence-electron chi connectivity index (χ2n) is 6.00. The van der Waals surface area contributed by atoms with E-state index in [-0.39, 0.29) is 5.41 Å². The highest BCUT2D eigenvalue weighted by Crippen LogP contribution is 2.43. The molecular formula is C16H24BrNO. The molecule has 1 aromatic rings. The van der Waals surface area contributed by atoms with E-state index < -0.39 is 0 Å². The van der Waals surface area contributed by atoms with Crippen LogP contribution in [0.5, 0.6) is 0 Å². The zero-order valence-corrected chi connectivity index (χ0v) is 13.8. The van der Waals surface area contributed by atoms with Gasteiger partial charge in [-0.1, -0.05) is 41.9 Å². The molecule has 0 heterocycles. The van der Waals surface area contributed by atoms with Gasteiger partial charge in [0.15, 0.2) is 0 Å². The van der Waals surface area contributed by atoms with Crippen LogP contribution in [0, 0.1) is 5.41 Å². The van der Waals surface area contributed by atoms with Gasteiger partial charge in [-0.15, -0.1) is 0 Å². The normalized spacial score (nSPS) is 26.8. The molecule has 1 aliphatic rings. The number of rotatable bonds is 5. The van der Waals surface area contributed by atoms with E-state index in [4.69, 9.17) is 4.74 Å². The van der Waals surface area contributed by atoms with Crippen molar-refractivity contribution in [1.29, 1.82) is 0 Å². The summed E-state index contributed by atoms with van der Waals surface area (Å²) in [5.74, 6) is 0. The third-order valence-electron chi connectivity index (χ3n) is 4.35. The summed E-state index contributed by atoms with van der Waals surface area (Å²) < 4.78 is 6.92. The van der Waals surface area contributed by atoms with Gasteiger partial charge in [0.2, 0.25) is 0 Å². The van der Waals surface area contributed by atoms with Crippen molar-refractivity contribution < 1.29 is 4.74 Å². The Morgan fingerprint density at radius 3 is 2.79 bits per heavy atom. The van der Waals surface area contributed by atoms with Crippen molar-refractivity contribution in [1.82, 2.24) is 5.32 Å². The van der Waals surface area contributed by atoms with Crippen LogP contribution < -0.4 is 5.32 Å². The van der Waals surface area contributed by atoms with Crippen molar-refractivity contribution in [3.05, 3.63) is 34.3 Å². The summed E-state index contributed by atoms with van der Waals surface area (Å²) in [5.41, 5.74) is 1.54. The maximum Gasteiger partial charge on any atom is 0.0655 e. The molecule has 0 amide bonds. The molecular weight excluding hydrogens is 302 g/mol. The lowest BCUT2D eigenvalue weighted by molar-refractivity contribution is -0.116. The van der Waals surface area contributed by atoms with Crippen molar-refractivity contribution >= 4 is 15.9 Å². The third kappa shape index (κ3) is 3.21. The largest absolute Gasteiger partial charge is 0.378 e. The summed E-state index contributed by atoms with van der Waals surface area (Å²) in [6.07, 6.45) is 1.50. The molecule has 1 aliphatic carbocycles. The molecule has 1 saturated carbocycles. The van der Waals surface area contributed by atoms with Crippen LogP contribution in [0.25, 0.3) is 0 Å². The monoisotopic (exact) mass is 325 g/mol. The molecule has 106 valence electrons. The van der Waals surface area contributed by atoms with Gasteiger partial charge in [-0.25, -0.2) is 0 Å². The fourth-order valence-corrected chi connectivity index (χ4v) is 3.24. The van der Waals surface area contributed by atoms with Crippen molar-refractivity contribution in [3.8, 4) is 0 Å². The molecule has 2 nitrogen and oxygen atoms in total. The van der Waals surface area contributed by atoms with Crippen LogP contribution in [-0.2, 0) is 4.74 Å². The maximum atomic E-state index is 5.78. The Morgan fingerprint density at radius 2 is 2.21 bits per heavy atom. The second kappa shape index (κ2) is 5.94. The zero-order valence-electron chi connectivity index (χ0n) is 12.2. The third-order valence-corrected chi connectivity index (χ3v) is 4.84. The topological polar surface area (TPSA) is 21.3 Å². The predicted molar refractivity (Wildman–Crippen MR) is 83.3 cm³/mol. The van der Waals surface area contributed by atoms with Crippen LogP contribution >= 0.6 is 15.9 Å². The Kier molecular flexibility index (Phi) is 4.70. The molecule has 0 radical (unpaired) electrons. The van der Waals surface area contributed by atoms with E-state index in [9.17, 15) is 0 Å². The molecule has 2 rings (SSSR count). The van der Waals surface area contributed by atoms with Crippen LogP contribution in [-0.4, -0.2) is 18.8 Å². The molecule has 19 heavy (non-hydrogen) atoms. The van der Waals surface area contributed by atoms with Crippen LogP contribution in [0.15, 0.2) is 28.7 Å². The molecule has 3 atom stereocenters. The van der Waals surface area contributed by atoms with E-state index in [0.29, 0.717) is 18.2 Å². The van der Waals surface area contributed by atoms with E-state index >= 15 is 0 Å². The molecule has 0 bridgehead atoms. The first kappa shape index (κ1) is 15.0. The number of benzene rings is 1. The van der Waals surface area contributed by atoms with Crippen molar-refractivity contribution in [2.24, 2.45) is 5.41 Å². The number of hydrogen-bond donors (Lipinski definition) is 1. The van der Waals surface area contributed by atoms with E-state index in [1.807, 2.05) is 0 Å². The molecule has 1 aromatic carbocycles. The highest BCUT2D eigenvalue weighted by Gasteiger charge is 2.49. The predicted octanol–water partition coefficient (Wildman–Crippen LogP) is 4.30. The van der Waals surface area contributed by atoms with E-state index in [1.165, 1.54) is 5.56 Å². The number of ether oxygens (including phenoxy) is 1. The first-order chi connectivity index (χ1) is 8.95. The zero-order chi connectivity index (χ0) is 14.0. The van der Waals surface area contributed by atoms with Gasteiger partial charge in [0.25, 0.3) is 0 Å². The van der Waals surface area contributed by atoms with Crippen LogP contribution in [0.1, 0.15) is 45.7 Å². The summed E-state index contributed by atoms with van der Waals surface area (Å²) in [4.78, 5) is 0. The Bertz CT molecular complexity index is 433. The van der Waals surface area contributed by atoms with E-state index in [0.717, 1.165) is 17.5 Å². The lowest BCUT2D eigenvalue weighted by atomic mass is 9.64. The lowest BCUT2D eigenvalue weighted by Crippen LogP contribution is -2.61. The smallest absolute Gasteiger partial charge is 0.0655 e. The first-order valence-corrected chi connectivity index (χ1v) is 7.87. The van der Waals surface area contributed by atoms with Gasteiger partial charge in [-0.05, 0) is 38.0 Å². The standard InChI is InChI=1S/C16H24BrNO/c1-5-19-15-10-14(16(15,3)4)18-11(2)12-7-6-8-13(17)9-12/h6-9,11,14-15,18H,5,10H2,1-4H3/t11-,14?,15?/m1/s1. The Hall–Kier alpha value is -0.380. The number of hydrogen-bond acceptors (Lipinski definition) is 2. The molecule has 0 aromatic heterocycles. The Balaban J connectivity index is 1.96. The Morgan fingerprint density at radius 1 is 1.47 bits per heavy atom. The quantitative estimate of drug-likeness (QED) is 0.871. The van der Waals surface area contributed by atoms with Crippen molar-refractivity contribution in [2.75, 3.05) is 6.61 Å². The van der Waals surface area contributed by atoms with Gasteiger partial charge in [-0.3, -0.25) is 0 Å². The van der Waals surface area contributed by atoms with Crippen LogP contribution in [0.2, 0.25) is 0 Å². The fraction of sp³-hybridized carbons (Fsp3) is 0.625. The number of halogens is 1. The molecule has 0 spiro atoms. The van der Waals surface area contributed by atoms with Crippen LogP contribution in [0.4, 0.5) is 0 Å². The molecule has 0 aliphatic heterocycles. The van der Waals surface area contributed by atoms with Crippen LogP contribution in [0.3, 0.4) is 0 Å². The average Bonchev–Trinajstić information content (AvgIpc) is 2.37. The Labute approximate surface area is 125 Å². The van der Waals surface area contributed by atoms with E-state index in [1.54, 1.807) is 0 Å². The minimum absolute atomic E-state index is 0.219. The van der Waals surface area contributed by atoms with Crippen molar-refractivity contribution in [3.63, 3.8) is 0 Å². The highest BCUT2D eigenvalue weighted by molar-refractivity contribution is 9.10. The molecule has 0 saturated heterocycles. The fourth-order valence-electron chi connectivity index (χ4n) is 2.83. The molecule has 1 fully saturated rings. The number of nitrogens with one attached hydrogen (secondary N) is 1. The summed E-state index contributed by atoms with van der Waals surface area (Å²) in [5, 5.41) is 3.74. The maximum absolute atomic E-state index is 5.78. The summed E-state index contributed by atoms with van der Waals surface area (Å²) >= 11 is 3.53. The van der Waals surface area contributed by atoms with Gasteiger partial charge >= 0.3 is 0 Å². The van der Waals surface area contributed by atoms with Gasteiger partial charge in [0, 0.05) is 28.6 Å². The molecule has 1 N–H and O–H groups in total. The summed E-state index contributed by atoms with van der Waals surface area (Å²) in [7, 11) is 0. The summed E-state index contributed by atoms with van der Waals surface area (Å²) in [6.45, 7) is 9.69. The lowest BCUT2D eigenvalue weighted by Gasteiger charge is -2.52. The van der Waals surface area contributed by atoms with Gasteiger partial charge in [-0.2, -0.15) is 0 Å². The first-order valence-electron chi connectivity index (χ1n) is 7.08. The average molecular weight is 326 g/mol. The minimum Gasteiger partial charge on any atom is -0.378 e. The molecule has 2 unspecified atom stereocenters. The van der Waals surface area contributed by atoms with Gasteiger partial charge < -0.3 is 10.1 Å². The second-order valence-corrected chi connectivity index (χ2v) is 6.91. The summed E-state index contributed by atoms with van der Waals surface area (Å²) in [6, 6.07) is 9.40.